The minimum absolute atomic E-state index is 0.105. The summed E-state index contributed by atoms with van der Waals surface area (Å²) in [5, 5.41) is 2.89. The zero-order chi connectivity index (χ0) is 17.1. The lowest BCUT2D eigenvalue weighted by atomic mass is 10.2. The van der Waals surface area contributed by atoms with Gasteiger partial charge in [0.1, 0.15) is 5.75 Å². The molecule has 5 nitrogen and oxygen atoms in total. The van der Waals surface area contributed by atoms with Crippen LogP contribution in [0.1, 0.15) is 12.0 Å². The first kappa shape index (κ1) is 16.3. The minimum atomic E-state index is -0.105. The van der Waals surface area contributed by atoms with Crippen molar-refractivity contribution in [1.29, 1.82) is 0 Å². The van der Waals surface area contributed by atoms with E-state index in [9.17, 15) is 4.79 Å². The van der Waals surface area contributed by atoms with E-state index in [-0.39, 0.29) is 12.3 Å². The van der Waals surface area contributed by atoms with Gasteiger partial charge in [-0.3, -0.25) is 9.36 Å². The Morgan fingerprint density at radius 1 is 1.29 bits per heavy atom. The van der Waals surface area contributed by atoms with E-state index in [0.717, 1.165) is 16.7 Å². The van der Waals surface area contributed by atoms with Gasteiger partial charge in [0.15, 0.2) is 5.58 Å². The second-order valence-corrected chi connectivity index (χ2v) is 5.84. The molecule has 1 N–H and O–H groups in total. The van der Waals surface area contributed by atoms with Crippen molar-refractivity contribution in [1.82, 2.24) is 4.57 Å². The molecule has 0 aliphatic carbocycles. The molecule has 3 aromatic rings. The topological polar surface area (TPSA) is 56.4 Å². The van der Waals surface area contributed by atoms with Crippen LogP contribution in [0.4, 0.5) is 5.69 Å². The summed E-state index contributed by atoms with van der Waals surface area (Å²) in [6.45, 7) is 2.42. The molecule has 0 saturated heterocycles. The molecule has 3 rings (SSSR count). The Bertz CT molecular complexity index is 943. The molecule has 0 radical (unpaired) electrons. The van der Waals surface area contributed by atoms with Gasteiger partial charge < -0.3 is 14.5 Å². The Morgan fingerprint density at radius 3 is 2.88 bits per heavy atom. The first-order chi connectivity index (χ1) is 11.6. The molecular formula is C18H18N2O3S. The Balaban J connectivity index is 1.73. The van der Waals surface area contributed by atoms with Gasteiger partial charge in [-0.05, 0) is 49.0 Å². The van der Waals surface area contributed by atoms with E-state index in [0.29, 0.717) is 22.8 Å². The number of benzene rings is 2. The number of ether oxygens (including phenoxy) is 1. The summed E-state index contributed by atoms with van der Waals surface area (Å²) < 4.78 is 12.6. The second-order valence-electron chi connectivity index (χ2n) is 5.49. The number of rotatable bonds is 5. The Hall–Kier alpha value is -2.60. The summed E-state index contributed by atoms with van der Waals surface area (Å²) in [5.74, 6) is 0.533. The summed E-state index contributed by atoms with van der Waals surface area (Å²) >= 11 is 5.24. The zero-order valence-electron chi connectivity index (χ0n) is 13.5. The molecule has 0 spiro atoms. The van der Waals surface area contributed by atoms with Gasteiger partial charge in [0, 0.05) is 13.0 Å². The van der Waals surface area contributed by atoms with Crippen molar-refractivity contribution in [2.24, 2.45) is 0 Å². The third-order valence-corrected chi connectivity index (χ3v) is 4.07. The number of nitrogens with one attached hydrogen (secondary N) is 1. The predicted molar refractivity (Wildman–Crippen MR) is 96.0 cm³/mol. The van der Waals surface area contributed by atoms with Crippen molar-refractivity contribution in [3.05, 3.63) is 52.9 Å². The van der Waals surface area contributed by atoms with E-state index in [1.807, 2.05) is 54.0 Å². The maximum Gasteiger partial charge on any atom is 0.269 e. The average molecular weight is 342 g/mol. The van der Waals surface area contributed by atoms with Crippen molar-refractivity contribution in [3.63, 3.8) is 0 Å². The lowest BCUT2D eigenvalue weighted by Gasteiger charge is -2.11. The van der Waals surface area contributed by atoms with Crippen LogP contribution in [-0.2, 0) is 11.3 Å². The highest BCUT2D eigenvalue weighted by Crippen LogP contribution is 2.25. The molecule has 1 aromatic heterocycles. The largest absolute Gasteiger partial charge is 0.495 e. The molecule has 0 aliphatic rings. The molecule has 0 atom stereocenters. The van der Waals surface area contributed by atoms with E-state index >= 15 is 0 Å². The molecule has 6 heteroatoms. The minimum Gasteiger partial charge on any atom is -0.495 e. The van der Waals surface area contributed by atoms with E-state index in [1.54, 1.807) is 7.11 Å². The Labute approximate surface area is 144 Å². The van der Waals surface area contributed by atoms with Crippen molar-refractivity contribution in [2.75, 3.05) is 12.4 Å². The fourth-order valence-corrected chi connectivity index (χ4v) is 2.85. The van der Waals surface area contributed by atoms with Crippen LogP contribution in [0.3, 0.4) is 0 Å². The number of aryl methyl sites for hydroxylation is 2. The van der Waals surface area contributed by atoms with Gasteiger partial charge >= 0.3 is 0 Å². The molecule has 0 fully saturated rings. The molecular weight excluding hydrogens is 324 g/mol. The number of hydrogen-bond acceptors (Lipinski definition) is 4. The van der Waals surface area contributed by atoms with Gasteiger partial charge in [0.05, 0.1) is 18.3 Å². The molecule has 2 aromatic carbocycles. The van der Waals surface area contributed by atoms with Gasteiger partial charge in [-0.15, -0.1) is 0 Å². The summed E-state index contributed by atoms with van der Waals surface area (Å²) in [6, 6.07) is 13.3. The summed E-state index contributed by atoms with van der Waals surface area (Å²) in [7, 11) is 1.58. The van der Waals surface area contributed by atoms with Crippen LogP contribution in [0.25, 0.3) is 11.1 Å². The summed E-state index contributed by atoms with van der Waals surface area (Å²) in [6.07, 6.45) is 0.287. The predicted octanol–water partition coefficient (Wildman–Crippen LogP) is 4.31. The number of methoxy groups -OCH3 is 1. The normalized spacial score (nSPS) is 10.8. The third-order valence-electron chi connectivity index (χ3n) is 3.77. The van der Waals surface area contributed by atoms with Crippen LogP contribution in [0.2, 0.25) is 0 Å². The number of anilines is 1. The first-order valence-electron chi connectivity index (χ1n) is 7.61. The quantitative estimate of drug-likeness (QED) is 0.702. The van der Waals surface area contributed by atoms with Gasteiger partial charge in [0.25, 0.3) is 4.84 Å². The lowest BCUT2D eigenvalue weighted by molar-refractivity contribution is -0.116. The van der Waals surface area contributed by atoms with Crippen LogP contribution in [-0.4, -0.2) is 17.6 Å². The number of aromatic nitrogens is 1. The molecule has 0 unspecified atom stereocenters. The van der Waals surface area contributed by atoms with Gasteiger partial charge in [0.2, 0.25) is 5.91 Å². The van der Waals surface area contributed by atoms with E-state index < -0.39 is 0 Å². The van der Waals surface area contributed by atoms with Gasteiger partial charge in [-0.25, -0.2) is 0 Å². The number of oxazole rings is 1. The van der Waals surface area contributed by atoms with Crippen LogP contribution in [0.5, 0.6) is 5.75 Å². The fraction of sp³-hybridized carbons (Fsp3) is 0.222. The fourth-order valence-electron chi connectivity index (χ4n) is 2.57. The highest BCUT2D eigenvalue weighted by atomic mass is 32.1. The lowest BCUT2D eigenvalue weighted by Crippen LogP contribution is -2.15. The SMILES string of the molecule is COc1ccc(C)cc1NC(=O)CCn1c(=S)oc2ccccc21. The van der Waals surface area contributed by atoms with Crippen LogP contribution in [0, 0.1) is 11.8 Å². The van der Waals surface area contributed by atoms with Gasteiger partial charge in [-0.1, -0.05) is 18.2 Å². The van der Waals surface area contributed by atoms with E-state index in [1.165, 1.54) is 0 Å². The maximum atomic E-state index is 12.3. The second kappa shape index (κ2) is 6.88. The molecule has 124 valence electrons. The summed E-state index contributed by atoms with van der Waals surface area (Å²) in [4.78, 5) is 12.7. The number of fused-ring (bicyclic) bond motifs is 1. The van der Waals surface area contributed by atoms with E-state index in [2.05, 4.69) is 5.32 Å². The van der Waals surface area contributed by atoms with Crippen molar-refractivity contribution in [3.8, 4) is 5.75 Å². The molecule has 24 heavy (non-hydrogen) atoms. The summed E-state index contributed by atoms with van der Waals surface area (Å²) in [5.41, 5.74) is 3.34. The third kappa shape index (κ3) is 3.33. The van der Waals surface area contributed by atoms with Gasteiger partial charge in [-0.2, -0.15) is 0 Å². The highest BCUT2D eigenvalue weighted by molar-refractivity contribution is 7.71. The van der Waals surface area contributed by atoms with Crippen molar-refractivity contribution >= 4 is 34.9 Å². The molecule has 0 bridgehead atoms. The number of carbonyl (C=O) groups excluding carboxylic acids is 1. The highest BCUT2D eigenvalue weighted by Gasteiger charge is 2.11. The molecule has 0 saturated carbocycles. The Kier molecular flexibility index (Phi) is 4.66. The standard InChI is InChI=1S/C18H18N2O3S/c1-12-7-8-15(22-2)13(11-12)19-17(21)9-10-20-14-5-3-4-6-16(14)23-18(20)24/h3-8,11H,9-10H2,1-2H3,(H,19,21). The monoisotopic (exact) mass is 342 g/mol. The van der Waals surface area contributed by atoms with Crippen LogP contribution in [0.15, 0.2) is 46.9 Å². The smallest absolute Gasteiger partial charge is 0.269 e. The molecule has 1 heterocycles. The van der Waals surface area contributed by atoms with E-state index in [4.69, 9.17) is 21.4 Å². The number of amides is 1. The zero-order valence-corrected chi connectivity index (χ0v) is 14.4. The Morgan fingerprint density at radius 2 is 2.08 bits per heavy atom. The number of nitrogens with zero attached hydrogens (tertiary/aromatic N) is 1. The average Bonchev–Trinajstić information content (AvgIpc) is 2.88. The van der Waals surface area contributed by atoms with Crippen LogP contribution < -0.4 is 10.1 Å². The number of para-hydroxylation sites is 2. The number of hydrogen-bond donors (Lipinski definition) is 1. The van der Waals surface area contributed by atoms with Crippen molar-refractivity contribution in [2.45, 2.75) is 19.9 Å². The molecule has 1 amide bonds. The van der Waals surface area contributed by atoms with Crippen LogP contribution >= 0.6 is 12.2 Å². The maximum absolute atomic E-state index is 12.3. The first-order valence-corrected chi connectivity index (χ1v) is 8.02. The van der Waals surface area contributed by atoms with Crippen molar-refractivity contribution < 1.29 is 13.9 Å². The molecule has 0 aliphatic heterocycles. The number of carbonyl (C=O) groups is 1.